The van der Waals surface area contributed by atoms with Gasteiger partial charge in [-0.25, -0.2) is 0 Å². The summed E-state index contributed by atoms with van der Waals surface area (Å²) in [5.41, 5.74) is 5.85. The van der Waals surface area contributed by atoms with Crippen LogP contribution in [0.2, 0.25) is 0 Å². The van der Waals surface area contributed by atoms with E-state index in [1.54, 1.807) is 0 Å². The van der Waals surface area contributed by atoms with E-state index in [9.17, 15) is 0 Å². The van der Waals surface area contributed by atoms with Crippen LogP contribution >= 0.6 is 0 Å². The van der Waals surface area contributed by atoms with Crippen molar-refractivity contribution in [3.63, 3.8) is 0 Å². The van der Waals surface area contributed by atoms with Gasteiger partial charge in [0.15, 0.2) is 0 Å². The highest BCUT2D eigenvalue weighted by Crippen LogP contribution is 2.42. The average Bonchev–Trinajstić information content (AvgIpc) is 3.12. The number of rotatable bonds is 4. The van der Waals surface area contributed by atoms with Crippen LogP contribution in [0.15, 0.2) is 176 Å². The molecule has 0 radical (unpaired) electrons. The first-order valence-corrected chi connectivity index (χ1v) is 15.5. The summed E-state index contributed by atoms with van der Waals surface area (Å²) in [6.45, 7) is 0. The molecule has 0 fully saturated rings. The van der Waals surface area contributed by atoms with Gasteiger partial charge in [-0.3, -0.25) is 0 Å². The van der Waals surface area contributed by atoms with Crippen LogP contribution in [0.5, 0.6) is 0 Å². The standard InChI is InChI=1S/C44H29N/c1-2-11-35-28-36(19-16-30(35)8-1)31-20-24-37(25-21-31)45(38-26-22-34-18-17-32-9-4-6-13-40(32)43(34)29-38)44-15-7-14-41-39-12-5-3-10-33(39)23-27-42(41)44/h1-29H. The number of benzene rings is 9. The van der Waals surface area contributed by atoms with E-state index in [4.69, 9.17) is 0 Å². The summed E-state index contributed by atoms with van der Waals surface area (Å²) < 4.78 is 0. The molecule has 0 bridgehead atoms. The van der Waals surface area contributed by atoms with Crippen LogP contribution in [0, 0.1) is 0 Å². The van der Waals surface area contributed by atoms with Crippen molar-refractivity contribution in [1.29, 1.82) is 0 Å². The zero-order valence-corrected chi connectivity index (χ0v) is 24.7. The van der Waals surface area contributed by atoms with Gasteiger partial charge in [0, 0.05) is 16.8 Å². The molecule has 9 rings (SSSR count). The van der Waals surface area contributed by atoms with Crippen LogP contribution < -0.4 is 4.90 Å². The fourth-order valence-corrected chi connectivity index (χ4v) is 6.95. The Morgan fingerprint density at radius 2 is 0.800 bits per heavy atom. The first-order chi connectivity index (χ1) is 22.3. The summed E-state index contributed by atoms with van der Waals surface area (Å²) in [7, 11) is 0. The molecule has 1 heteroatoms. The van der Waals surface area contributed by atoms with E-state index in [0.717, 1.165) is 17.1 Å². The topological polar surface area (TPSA) is 3.24 Å². The van der Waals surface area contributed by atoms with E-state index in [2.05, 4.69) is 181 Å². The highest BCUT2D eigenvalue weighted by molar-refractivity contribution is 6.14. The molecule has 0 aliphatic rings. The van der Waals surface area contributed by atoms with Gasteiger partial charge < -0.3 is 4.90 Å². The van der Waals surface area contributed by atoms with E-state index in [-0.39, 0.29) is 0 Å². The van der Waals surface area contributed by atoms with Crippen LogP contribution in [-0.2, 0) is 0 Å². The molecule has 0 atom stereocenters. The van der Waals surface area contributed by atoms with Crippen molar-refractivity contribution in [3.05, 3.63) is 176 Å². The molecule has 9 aromatic carbocycles. The van der Waals surface area contributed by atoms with Crippen LogP contribution in [-0.4, -0.2) is 0 Å². The monoisotopic (exact) mass is 571 g/mol. The maximum Gasteiger partial charge on any atom is 0.0540 e. The highest BCUT2D eigenvalue weighted by atomic mass is 15.1. The van der Waals surface area contributed by atoms with Crippen molar-refractivity contribution in [2.24, 2.45) is 0 Å². The molecular formula is C44H29N. The van der Waals surface area contributed by atoms with E-state index < -0.39 is 0 Å². The number of fused-ring (bicyclic) bond motifs is 7. The van der Waals surface area contributed by atoms with Crippen molar-refractivity contribution >= 4 is 70.9 Å². The van der Waals surface area contributed by atoms with Crippen molar-refractivity contribution in [1.82, 2.24) is 0 Å². The normalized spacial score (nSPS) is 11.6. The molecule has 0 aromatic heterocycles. The quantitative estimate of drug-likeness (QED) is 0.190. The zero-order chi connectivity index (χ0) is 29.7. The molecule has 0 saturated heterocycles. The third-order valence-corrected chi connectivity index (χ3v) is 9.20. The molecule has 0 aliphatic carbocycles. The number of hydrogen-bond donors (Lipinski definition) is 0. The lowest BCUT2D eigenvalue weighted by molar-refractivity contribution is 1.30. The maximum atomic E-state index is 2.42. The molecule has 0 heterocycles. The molecule has 0 amide bonds. The second kappa shape index (κ2) is 10.4. The fraction of sp³-hybridized carbons (Fsp3) is 0. The fourth-order valence-electron chi connectivity index (χ4n) is 6.95. The Bertz CT molecular complexity index is 2540. The van der Waals surface area contributed by atoms with E-state index in [1.165, 1.54) is 65.0 Å². The number of hydrogen-bond acceptors (Lipinski definition) is 1. The lowest BCUT2D eigenvalue weighted by atomic mass is 9.98. The third-order valence-electron chi connectivity index (χ3n) is 9.20. The van der Waals surface area contributed by atoms with Crippen molar-refractivity contribution < 1.29 is 0 Å². The largest absolute Gasteiger partial charge is 0.310 e. The molecule has 1 nitrogen and oxygen atoms in total. The lowest BCUT2D eigenvalue weighted by Crippen LogP contribution is -2.10. The second-order valence-electron chi connectivity index (χ2n) is 11.8. The smallest absolute Gasteiger partial charge is 0.0540 e. The van der Waals surface area contributed by atoms with Crippen molar-refractivity contribution in [3.8, 4) is 11.1 Å². The predicted octanol–water partition coefficient (Wildman–Crippen LogP) is 12.6. The Morgan fingerprint density at radius 3 is 1.58 bits per heavy atom. The Kier molecular flexibility index (Phi) is 5.89. The van der Waals surface area contributed by atoms with Gasteiger partial charge in [0.2, 0.25) is 0 Å². The SMILES string of the molecule is c1ccc2cc(-c3ccc(N(c4ccc5ccc6ccccc6c5c4)c4cccc5c4ccc4ccccc45)cc3)ccc2c1. The van der Waals surface area contributed by atoms with Crippen LogP contribution in [0.4, 0.5) is 17.1 Å². The first-order valence-electron chi connectivity index (χ1n) is 15.5. The highest BCUT2D eigenvalue weighted by Gasteiger charge is 2.17. The maximum absolute atomic E-state index is 2.42. The van der Waals surface area contributed by atoms with Crippen LogP contribution in [0.25, 0.3) is 65.0 Å². The Hall–Kier alpha value is -5.92. The summed E-state index contributed by atoms with van der Waals surface area (Å²) in [6.07, 6.45) is 0. The van der Waals surface area contributed by atoms with E-state index in [1.807, 2.05) is 0 Å². The van der Waals surface area contributed by atoms with Gasteiger partial charge in [-0.1, -0.05) is 140 Å². The van der Waals surface area contributed by atoms with Crippen LogP contribution in [0.1, 0.15) is 0 Å². The molecule has 0 saturated carbocycles. The summed E-state index contributed by atoms with van der Waals surface area (Å²) in [6, 6.07) is 64.2. The van der Waals surface area contributed by atoms with Crippen molar-refractivity contribution in [2.75, 3.05) is 4.90 Å². The van der Waals surface area contributed by atoms with E-state index >= 15 is 0 Å². The summed E-state index contributed by atoms with van der Waals surface area (Å²) >= 11 is 0. The number of nitrogens with zero attached hydrogens (tertiary/aromatic N) is 1. The summed E-state index contributed by atoms with van der Waals surface area (Å²) in [5.74, 6) is 0. The summed E-state index contributed by atoms with van der Waals surface area (Å²) in [4.78, 5) is 2.42. The van der Waals surface area contributed by atoms with Gasteiger partial charge in [0.25, 0.3) is 0 Å². The predicted molar refractivity (Wildman–Crippen MR) is 194 cm³/mol. The zero-order valence-electron chi connectivity index (χ0n) is 24.7. The van der Waals surface area contributed by atoms with Crippen molar-refractivity contribution in [2.45, 2.75) is 0 Å². The van der Waals surface area contributed by atoms with Gasteiger partial charge in [-0.2, -0.15) is 0 Å². The minimum Gasteiger partial charge on any atom is -0.310 e. The van der Waals surface area contributed by atoms with Gasteiger partial charge in [0.1, 0.15) is 0 Å². The van der Waals surface area contributed by atoms with Gasteiger partial charge >= 0.3 is 0 Å². The van der Waals surface area contributed by atoms with Crippen LogP contribution in [0.3, 0.4) is 0 Å². The van der Waals surface area contributed by atoms with E-state index in [0.29, 0.717) is 0 Å². The summed E-state index contributed by atoms with van der Waals surface area (Å²) in [5, 5.41) is 12.6. The van der Waals surface area contributed by atoms with Gasteiger partial charge in [0.05, 0.1) is 5.69 Å². The Labute approximate surface area is 262 Å². The number of anilines is 3. The molecule has 0 unspecified atom stereocenters. The molecule has 45 heavy (non-hydrogen) atoms. The van der Waals surface area contributed by atoms with Gasteiger partial charge in [-0.15, -0.1) is 0 Å². The lowest BCUT2D eigenvalue weighted by Gasteiger charge is -2.28. The Balaban J connectivity index is 1.25. The molecule has 210 valence electrons. The first kappa shape index (κ1) is 25.6. The molecular weight excluding hydrogens is 542 g/mol. The average molecular weight is 572 g/mol. The second-order valence-corrected chi connectivity index (χ2v) is 11.8. The minimum absolute atomic E-state index is 1.12. The Morgan fingerprint density at radius 1 is 0.267 bits per heavy atom. The molecule has 0 spiro atoms. The molecule has 0 N–H and O–H groups in total. The minimum atomic E-state index is 1.12. The molecule has 9 aromatic rings. The van der Waals surface area contributed by atoms with Gasteiger partial charge in [-0.05, 0) is 96.0 Å². The third kappa shape index (κ3) is 4.32. The molecule has 0 aliphatic heterocycles.